The SMILES string of the molecule is COC(=O)c1ccccc1NC(=O)Cc1coc2cc(C)c(Cl)c(C)c12. The number of para-hydroxylation sites is 1. The summed E-state index contributed by atoms with van der Waals surface area (Å²) in [4.78, 5) is 24.3. The molecule has 1 heterocycles. The van der Waals surface area contributed by atoms with Crippen molar-refractivity contribution in [2.24, 2.45) is 0 Å². The quantitative estimate of drug-likeness (QED) is 0.676. The molecule has 5 nitrogen and oxygen atoms in total. The van der Waals surface area contributed by atoms with Crippen molar-refractivity contribution in [2.75, 3.05) is 12.4 Å². The summed E-state index contributed by atoms with van der Waals surface area (Å²) in [6.45, 7) is 3.81. The molecule has 134 valence electrons. The van der Waals surface area contributed by atoms with E-state index in [-0.39, 0.29) is 12.3 Å². The van der Waals surface area contributed by atoms with Crippen LogP contribution in [0.25, 0.3) is 11.0 Å². The van der Waals surface area contributed by atoms with E-state index in [0.717, 1.165) is 22.1 Å². The Bertz CT molecular complexity index is 1010. The minimum absolute atomic E-state index is 0.0999. The number of aryl methyl sites for hydroxylation is 2. The van der Waals surface area contributed by atoms with Gasteiger partial charge in [0.15, 0.2) is 0 Å². The molecule has 0 atom stereocenters. The summed E-state index contributed by atoms with van der Waals surface area (Å²) in [5.74, 6) is -0.770. The molecule has 3 aromatic rings. The number of anilines is 1. The number of carbonyl (C=O) groups is 2. The molecule has 6 heteroatoms. The molecule has 0 bridgehead atoms. The fourth-order valence-electron chi connectivity index (χ4n) is 2.99. The number of nitrogens with one attached hydrogen (secondary N) is 1. The molecule has 0 aliphatic carbocycles. The second-order valence-corrected chi connectivity index (χ2v) is 6.41. The Morgan fingerprint density at radius 2 is 1.96 bits per heavy atom. The third kappa shape index (κ3) is 3.30. The smallest absolute Gasteiger partial charge is 0.339 e. The lowest BCUT2D eigenvalue weighted by Gasteiger charge is -2.10. The Labute approximate surface area is 155 Å². The van der Waals surface area contributed by atoms with Gasteiger partial charge in [0.1, 0.15) is 5.58 Å². The van der Waals surface area contributed by atoms with Gasteiger partial charge in [0, 0.05) is 16.0 Å². The summed E-state index contributed by atoms with van der Waals surface area (Å²) in [7, 11) is 1.30. The van der Waals surface area contributed by atoms with E-state index < -0.39 is 5.97 Å². The van der Waals surface area contributed by atoms with E-state index in [1.54, 1.807) is 30.5 Å². The topological polar surface area (TPSA) is 68.5 Å². The van der Waals surface area contributed by atoms with Crippen molar-refractivity contribution < 1.29 is 18.7 Å². The van der Waals surface area contributed by atoms with Crippen molar-refractivity contribution in [2.45, 2.75) is 20.3 Å². The van der Waals surface area contributed by atoms with Crippen LogP contribution in [-0.2, 0) is 16.0 Å². The van der Waals surface area contributed by atoms with Crippen molar-refractivity contribution >= 4 is 40.1 Å². The largest absolute Gasteiger partial charge is 0.465 e. The Hall–Kier alpha value is -2.79. The first-order valence-corrected chi connectivity index (χ1v) is 8.43. The van der Waals surface area contributed by atoms with Crippen molar-refractivity contribution in [1.82, 2.24) is 0 Å². The van der Waals surface area contributed by atoms with Gasteiger partial charge >= 0.3 is 5.97 Å². The minimum atomic E-state index is -0.507. The molecule has 3 rings (SSSR count). The number of esters is 1. The molecule has 2 aromatic carbocycles. The van der Waals surface area contributed by atoms with E-state index in [4.69, 9.17) is 20.8 Å². The molecule has 0 aliphatic heterocycles. The summed E-state index contributed by atoms with van der Waals surface area (Å²) in [5, 5.41) is 4.27. The Morgan fingerprint density at radius 3 is 2.69 bits per heavy atom. The highest BCUT2D eigenvalue weighted by Crippen LogP contribution is 2.32. The lowest BCUT2D eigenvalue weighted by atomic mass is 10.0. The maximum absolute atomic E-state index is 12.5. The van der Waals surface area contributed by atoms with Crippen LogP contribution in [0.2, 0.25) is 5.02 Å². The fraction of sp³-hybridized carbons (Fsp3) is 0.200. The molecule has 0 fully saturated rings. The van der Waals surface area contributed by atoms with Crippen LogP contribution in [-0.4, -0.2) is 19.0 Å². The van der Waals surface area contributed by atoms with Crippen LogP contribution in [0.4, 0.5) is 5.69 Å². The van der Waals surface area contributed by atoms with Gasteiger partial charge in [-0.05, 0) is 43.2 Å². The van der Waals surface area contributed by atoms with Crippen molar-refractivity contribution in [3.8, 4) is 0 Å². The van der Waals surface area contributed by atoms with Crippen molar-refractivity contribution in [3.05, 3.63) is 63.9 Å². The summed E-state index contributed by atoms with van der Waals surface area (Å²) in [6, 6.07) is 8.56. The lowest BCUT2D eigenvalue weighted by Crippen LogP contribution is -2.17. The number of rotatable bonds is 4. The van der Waals surface area contributed by atoms with Gasteiger partial charge in [0.2, 0.25) is 5.91 Å². The second-order valence-electron chi connectivity index (χ2n) is 6.03. The molecule has 0 unspecified atom stereocenters. The standard InChI is InChI=1S/C20H18ClNO4/c1-11-8-16-18(12(2)19(11)21)13(10-26-16)9-17(23)22-15-7-5-4-6-14(15)20(24)25-3/h4-8,10H,9H2,1-3H3,(H,22,23). The number of carbonyl (C=O) groups excluding carboxylic acids is 2. The Morgan fingerprint density at radius 1 is 1.23 bits per heavy atom. The summed E-state index contributed by atoms with van der Waals surface area (Å²) in [5.41, 5.74) is 3.95. The van der Waals surface area contributed by atoms with Gasteiger partial charge in [0.25, 0.3) is 0 Å². The summed E-state index contributed by atoms with van der Waals surface area (Å²) in [6.07, 6.45) is 1.67. The molecule has 1 N–H and O–H groups in total. The number of hydrogen-bond acceptors (Lipinski definition) is 4. The first-order chi connectivity index (χ1) is 12.4. The zero-order chi connectivity index (χ0) is 18.8. The highest BCUT2D eigenvalue weighted by Gasteiger charge is 2.17. The van der Waals surface area contributed by atoms with E-state index in [2.05, 4.69) is 5.32 Å². The van der Waals surface area contributed by atoms with Crippen molar-refractivity contribution in [3.63, 3.8) is 0 Å². The molecule has 0 saturated carbocycles. The molecule has 0 saturated heterocycles. The third-order valence-electron chi connectivity index (χ3n) is 4.25. The zero-order valence-corrected chi connectivity index (χ0v) is 15.4. The predicted molar refractivity (Wildman–Crippen MR) is 101 cm³/mol. The average molecular weight is 372 g/mol. The van der Waals surface area contributed by atoms with E-state index in [1.807, 2.05) is 19.9 Å². The van der Waals surface area contributed by atoms with Gasteiger partial charge in [-0.3, -0.25) is 4.79 Å². The average Bonchev–Trinajstić information content (AvgIpc) is 3.01. The van der Waals surface area contributed by atoms with Crippen LogP contribution in [0.1, 0.15) is 27.0 Å². The number of hydrogen-bond donors (Lipinski definition) is 1. The number of halogens is 1. The fourth-order valence-corrected chi connectivity index (χ4v) is 3.13. The molecular weight excluding hydrogens is 354 g/mol. The van der Waals surface area contributed by atoms with Gasteiger partial charge in [0.05, 0.1) is 31.0 Å². The van der Waals surface area contributed by atoms with Crippen LogP contribution in [0.5, 0.6) is 0 Å². The highest BCUT2D eigenvalue weighted by molar-refractivity contribution is 6.33. The van der Waals surface area contributed by atoms with Gasteiger partial charge in [-0.15, -0.1) is 0 Å². The molecule has 26 heavy (non-hydrogen) atoms. The maximum Gasteiger partial charge on any atom is 0.339 e. The second kappa shape index (κ2) is 7.22. The number of benzene rings is 2. The molecule has 0 aliphatic rings. The molecule has 0 spiro atoms. The monoisotopic (exact) mass is 371 g/mol. The van der Waals surface area contributed by atoms with E-state index in [1.165, 1.54) is 7.11 Å². The highest BCUT2D eigenvalue weighted by atomic mass is 35.5. The van der Waals surface area contributed by atoms with Gasteiger partial charge in [-0.1, -0.05) is 23.7 Å². The van der Waals surface area contributed by atoms with Gasteiger partial charge in [-0.2, -0.15) is 0 Å². The third-order valence-corrected chi connectivity index (χ3v) is 4.83. The van der Waals surface area contributed by atoms with E-state index in [9.17, 15) is 9.59 Å². The molecule has 1 amide bonds. The number of methoxy groups -OCH3 is 1. The molecule has 0 radical (unpaired) electrons. The van der Waals surface area contributed by atoms with Gasteiger partial charge < -0.3 is 14.5 Å². The minimum Gasteiger partial charge on any atom is -0.465 e. The van der Waals surface area contributed by atoms with E-state index >= 15 is 0 Å². The van der Waals surface area contributed by atoms with Crippen LogP contribution < -0.4 is 5.32 Å². The first-order valence-electron chi connectivity index (χ1n) is 8.05. The van der Waals surface area contributed by atoms with Gasteiger partial charge in [-0.25, -0.2) is 4.79 Å². The lowest BCUT2D eigenvalue weighted by molar-refractivity contribution is -0.115. The summed E-state index contributed by atoms with van der Waals surface area (Å²) >= 11 is 6.33. The number of furan rings is 1. The first kappa shape index (κ1) is 18.0. The van der Waals surface area contributed by atoms with Crippen molar-refractivity contribution in [1.29, 1.82) is 0 Å². The van der Waals surface area contributed by atoms with Crippen LogP contribution >= 0.6 is 11.6 Å². The normalized spacial score (nSPS) is 10.8. The number of amides is 1. The molecular formula is C20H18ClNO4. The summed E-state index contributed by atoms with van der Waals surface area (Å²) < 4.78 is 10.3. The van der Waals surface area contributed by atoms with Crippen LogP contribution in [0.3, 0.4) is 0 Å². The van der Waals surface area contributed by atoms with E-state index in [0.29, 0.717) is 21.9 Å². The van der Waals surface area contributed by atoms with Crippen LogP contribution in [0, 0.1) is 13.8 Å². The zero-order valence-electron chi connectivity index (χ0n) is 14.7. The predicted octanol–water partition coefficient (Wildman–Crippen LogP) is 4.67. The maximum atomic E-state index is 12.5. The number of fused-ring (bicyclic) bond motifs is 1. The van der Waals surface area contributed by atoms with Crippen LogP contribution in [0.15, 0.2) is 41.0 Å². The molecule has 1 aromatic heterocycles. The Kier molecular flexibility index (Phi) is 5.00. The Balaban J connectivity index is 1.87. The number of ether oxygens (including phenoxy) is 1.